The molecular formula is C29H25Cl2FN2O4. The molecule has 1 fully saturated rings. The standard InChI is InChI=1S/C29H25Cl2FN2O4/c1-2-3-24(29(36)37)34-26(18-6-10-21(30)11-7-18)27(19-8-12-22(31)13-9-19)38-25(28(34)35)15-20-5-4-17(16-33)14-23(20)32/h4-14,24-27H,2-3,15H2,1H3,(H,36,37)/t24-,25+,26-,27+/m0/s1. The normalized spacial score (nSPS) is 20.1. The summed E-state index contributed by atoms with van der Waals surface area (Å²) in [6.45, 7) is 1.85. The van der Waals surface area contributed by atoms with Gasteiger partial charge in [0, 0.05) is 16.5 Å². The van der Waals surface area contributed by atoms with E-state index in [2.05, 4.69) is 0 Å². The van der Waals surface area contributed by atoms with E-state index in [4.69, 9.17) is 33.2 Å². The minimum Gasteiger partial charge on any atom is -0.480 e. The van der Waals surface area contributed by atoms with Crippen molar-refractivity contribution in [2.45, 2.75) is 50.5 Å². The molecule has 0 aliphatic carbocycles. The molecule has 9 heteroatoms. The smallest absolute Gasteiger partial charge is 0.326 e. The fourth-order valence-electron chi connectivity index (χ4n) is 4.79. The summed E-state index contributed by atoms with van der Waals surface area (Å²) in [5.41, 5.74) is 1.66. The maximum absolute atomic E-state index is 14.8. The first-order valence-electron chi connectivity index (χ1n) is 12.1. The van der Waals surface area contributed by atoms with Crippen LogP contribution in [0.5, 0.6) is 0 Å². The molecule has 196 valence electrons. The van der Waals surface area contributed by atoms with E-state index < -0.39 is 42.0 Å². The van der Waals surface area contributed by atoms with Crippen LogP contribution in [0.2, 0.25) is 10.0 Å². The van der Waals surface area contributed by atoms with E-state index >= 15 is 0 Å². The van der Waals surface area contributed by atoms with E-state index in [0.717, 1.165) is 6.07 Å². The van der Waals surface area contributed by atoms with Crippen molar-refractivity contribution in [2.75, 3.05) is 0 Å². The number of rotatable bonds is 8. The number of hydrogen-bond donors (Lipinski definition) is 1. The van der Waals surface area contributed by atoms with Gasteiger partial charge in [0.2, 0.25) is 0 Å². The fraction of sp³-hybridized carbons (Fsp3) is 0.276. The Labute approximate surface area is 230 Å². The van der Waals surface area contributed by atoms with Crippen LogP contribution in [-0.2, 0) is 20.7 Å². The van der Waals surface area contributed by atoms with Gasteiger partial charge >= 0.3 is 5.97 Å². The zero-order chi connectivity index (χ0) is 27.4. The molecule has 0 radical (unpaired) electrons. The van der Waals surface area contributed by atoms with Gasteiger partial charge in [0.1, 0.15) is 24.1 Å². The lowest BCUT2D eigenvalue weighted by molar-refractivity contribution is -0.184. The van der Waals surface area contributed by atoms with Crippen LogP contribution in [0.1, 0.15) is 54.2 Å². The molecule has 1 heterocycles. The molecule has 0 saturated carbocycles. The molecule has 0 aromatic heterocycles. The topological polar surface area (TPSA) is 90.6 Å². The van der Waals surface area contributed by atoms with Crippen molar-refractivity contribution in [1.82, 2.24) is 4.90 Å². The summed E-state index contributed by atoms with van der Waals surface area (Å²) in [4.78, 5) is 27.8. The fourth-order valence-corrected chi connectivity index (χ4v) is 5.04. The molecule has 4 atom stereocenters. The van der Waals surface area contributed by atoms with Crippen molar-refractivity contribution in [2.24, 2.45) is 0 Å². The lowest BCUT2D eigenvalue weighted by atomic mass is 9.88. The summed E-state index contributed by atoms with van der Waals surface area (Å²) in [6.07, 6.45) is -1.34. The number of carboxylic acids is 1. The number of amides is 1. The second-order valence-electron chi connectivity index (χ2n) is 9.10. The molecular weight excluding hydrogens is 530 g/mol. The molecule has 3 aromatic rings. The lowest BCUT2D eigenvalue weighted by Crippen LogP contribution is -2.57. The SMILES string of the molecule is CCC[C@@H](C(=O)O)N1C(=O)[C@@H](Cc2ccc(C#N)cc2F)O[C@H](c2ccc(Cl)cc2)[C@@H]1c1ccc(Cl)cc1. The van der Waals surface area contributed by atoms with Crippen LogP contribution in [0.4, 0.5) is 4.39 Å². The molecule has 1 amide bonds. The number of benzene rings is 3. The lowest BCUT2D eigenvalue weighted by Gasteiger charge is -2.47. The first-order valence-corrected chi connectivity index (χ1v) is 12.9. The Morgan fingerprint density at radius 3 is 2.21 bits per heavy atom. The highest BCUT2D eigenvalue weighted by Gasteiger charge is 2.48. The van der Waals surface area contributed by atoms with Crippen molar-refractivity contribution < 1.29 is 23.8 Å². The molecule has 1 aliphatic heterocycles. The number of carboxylic acid groups (broad SMARTS) is 1. The molecule has 0 unspecified atom stereocenters. The van der Waals surface area contributed by atoms with Crippen molar-refractivity contribution >= 4 is 35.1 Å². The van der Waals surface area contributed by atoms with Gasteiger partial charge in [-0.1, -0.05) is 66.9 Å². The molecule has 1 N–H and O–H groups in total. The van der Waals surface area contributed by atoms with Crippen LogP contribution in [0, 0.1) is 17.1 Å². The van der Waals surface area contributed by atoms with Crippen molar-refractivity contribution in [3.8, 4) is 6.07 Å². The predicted octanol–water partition coefficient (Wildman–Crippen LogP) is 6.51. The van der Waals surface area contributed by atoms with E-state index in [1.807, 2.05) is 13.0 Å². The number of halogens is 3. The van der Waals surface area contributed by atoms with Crippen LogP contribution >= 0.6 is 23.2 Å². The molecule has 4 rings (SSSR count). The van der Waals surface area contributed by atoms with Crippen LogP contribution in [0.25, 0.3) is 0 Å². The maximum Gasteiger partial charge on any atom is 0.326 e. The number of hydrogen-bond acceptors (Lipinski definition) is 4. The van der Waals surface area contributed by atoms with E-state index in [-0.39, 0.29) is 24.0 Å². The third kappa shape index (κ3) is 5.83. The van der Waals surface area contributed by atoms with E-state index in [1.54, 1.807) is 48.5 Å². The molecule has 1 saturated heterocycles. The Bertz CT molecular complexity index is 1360. The Hall–Kier alpha value is -3.44. The molecule has 6 nitrogen and oxygen atoms in total. The zero-order valence-electron chi connectivity index (χ0n) is 20.5. The number of carbonyl (C=O) groups excluding carboxylic acids is 1. The quantitative estimate of drug-likeness (QED) is 0.342. The van der Waals surface area contributed by atoms with Crippen molar-refractivity contribution in [1.29, 1.82) is 5.26 Å². The molecule has 38 heavy (non-hydrogen) atoms. The summed E-state index contributed by atoms with van der Waals surface area (Å²) in [7, 11) is 0. The van der Waals surface area contributed by atoms with Gasteiger partial charge in [-0.05, 0) is 59.5 Å². The second-order valence-corrected chi connectivity index (χ2v) is 9.98. The minimum atomic E-state index is -1.17. The highest BCUT2D eigenvalue weighted by molar-refractivity contribution is 6.30. The average molecular weight is 555 g/mol. The van der Waals surface area contributed by atoms with Crippen LogP contribution in [0.3, 0.4) is 0 Å². The van der Waals surface area contributed by atoms with Gasteiger partial charge in [-0.2, -0.15) is 5.26 Å². The number of ether oxygens (including phenoxy) is 1. The predicted molar refractivity (Wildman–Crippen MR) is 141 cm³/mol. The van der Waals surface area contributed by atoms with Gasteiger partial charge in [-0.3, -0.25) is 4.79 Å². The Kier molecular flexibility index (Phi) is 8.68. The summed E-state index contributed by atoms with van der Waals surface area (Å²) in [5.74, 6) is -2.34. The highest BCUT2D eigenvalue weighted by atomic mass is 35.5. The van der Waals surface area contributed by atoms with E-state index in [0.29, 0.717) is 27.6 Å². The third-order valence-electron chi connectivity index (χ3n) is 6.61. The van der Waals surface area contributed by atoms with Crippen molar-refractivity contribution in [3.63, 3.8) is 0 Å². The number of nitrogens with zero attached hydrogens (tertiary/aromatic N) is 2. The first kappa shape index (κ1) is 27.6. The molecule has 0 bridgehead atoms. The summed E-state index contributed by atoms with van der Waals surface area (Å²) in [5, 5.41) is 20.3. The summed E-state index contributed by atoms with van der Waals surface area (Å²) in [6, 6.07) is 17.7. The maximum atomic E-state index is 14.8. The minimum absolute atomic E-state index is 0.136. The molecule has 3 aromatic carbocycles. The second kappa shape index (κ2) is 12.0. The largest absolute Gasteiger partial charge is 0.480 e. The van der Waals surface area contributed by atoms with E-state index in [1.165, 1.54) is 17.0 Å². The van der Waals surface area contributed by atoms with Gasteiger partial charge in [-0.15, -0.1) is 0 Å². The van der Waals surface area contributed by atoms with E-state index in [9.17, 15) is 19.1 Å². The Morgan fingerprint density at radius 1 is 1.08 bits per heavy atom. The molecule has 0 spiro atoms. The summed E-state index contributed by atoms with van der Waals surface area (Å²) >= 11 is 12.2. The van der Waals surface area contributed by atoms with Gasteiger partial charge in [0.05, 0.1) is 17.7 Å². The number of carbonyl (C=O) groups is 2. The van der Waals surface area contributed by atoms with Crippen molar-refractivity contribution in [3.05, 3.63) is 105 Å². The number of nitriles is 1. The average Bonchev–Trinajstić information content (AvgIpc) is 2.90. The first-order chi connectivity index (χ1) is 18.2. The van der Waals surface area contributed by atoms with Crippen LogP contribution in [0.15, 0.2) is 66.7 Å². The Morgan fingerprint density at radius 2 is 1.68 bits per heavy atom. The molecule has 1 aliphatic rings. The zero-order valence-corrected chi connectivity index (χ0v) is 22.0. The van der Waals surface area contributed by atoms with Crippen LogP contribution < -0.4 is 0 Å². The third-order valence-corrected chi connectivity index (χ3v) is 7.11. The van der Waals surface area contributed by atoms with Gasteiger partial charge in [-0.25, -0.2) is 9.18 Å². The summed E-state index contributed by atoms with van der Waals surface area (Å²) < 4.78 is 21.2. The monoisotopic (exact) mass is 554 g/mol. The van der Waals surface area contributed by atoms with Crippen LogP contribution in [-0.4, -0.2) is 34.0 Å². The van der Waals surface area contributed by atoms with Gasteiger partial charge in [0.15, 0.2) is 0 Å². The highest BCUT2D eigenvalue weighted by Crippen LogP contribution is 2.44. The number of morpholine rings is 1. The number of aliphatic carboxylic acids is 1. The van der Waals surface area contributed by atoms with Gasteiger partial charge in [0.25, 0.3) is 5.91 Å². The van der Waals surface area contributed by atoms with Gasteiger partial charge < -0.3 is 14.7 Å². The Balaban J connectivity index is 1.85.